The molecule has 1 heterocycles. The zero-order chi connectivity index (χ0) is 23.4. The third kappa shape index (κ3) is 5.09. The van der Waals surface area contributed by atoms with Crippen LogP contribution in [-0.2, 0) is 16.1 Å². The Morgan fingerprint density at radius 2 is 1.88 bits per heavy atom. The molecule has 0 amide bonds. The second-order valence-electron chi connectivity index (χ2n) is 6.94. The molecule has 3 aromatic rings. The molecule has 0 saturated heterocycles. The number of aliphatic imine (C=N–C) groups is 1. The highest BCUT2D eigenvalue weighted by Gasteiger charge is 2.25. The molecule has 0 spiro atoms. The van der Waals surface area contributed by atoms with Gasteiger partial charge < -0.3 is 14.2 Å². The summed E-state index contributed by atoms with van der Waals surface area (Å²) in [7, 11) is 1.50. The molecule has 1 aliphatic heterocycles. The van der Waals surface area contributed by atoms with Crippen LogP contribution >= 0.6 is 15.9 Å². The summed E-state index contributed by atoms with van der Waals surface area (Å²) in [6.07, 6.45) is 1.56. The topological polar surface area (TPSA) is 100 Å². The number of methoxy groups -OCH3 is 1. The summed E-state index contributed by atoms with van der Waals surface area (Å²) in [5, 5.41) is 11.0. The van der Waals surface area contributed by atoms with Gasteiger partial charge in [-0.15, -0.1) is 0 Å². The van der Waals surface area contributed by atoms with E-state index in [1.54, 1.807) is 48.5 Å². The molecule has 0 unspecified atom stereocenters. The fourth-order valence-corrected chi connectivity index (χ4v) is 3.41. The van der Waals surface area contributed by atoms with Gasteiger partial charge in [0.1, 0.15) is 6.61 Å². The predicted octanol–water partition coefficient (Wildman–Crippen LogP) is 5.29. The molecule has 3 aromatic carbocycles. The number of nitro benzene ring substituents is 1. The van der Waals surface area contributed by atoms with E-state index in [1.165, 1.54) is 19.2 Å². The number of benzene rings is 3. The van der Waals surface area contributed by atoms with Crippen molar-refractivity contribution in [3.8, 4) is 11.5 Å². The third-order valence-electron chi connectivity index (χ3n) is 4.74. The molecular formula is C24H17BrN2O6. The van der Waals surface area contributed by atoms with Crippen LogP contribution in [0.2, 0.25) is 0 Å². The monoisotopic (exact) mass is 508 g/mol. The maximum atomic E-state index is 12.4. The Balaban J connectivity index is 1.64. The van der Waals surface area contributed by atoms with Gasteiger partial charge in [-0.2, -0.15) is 0 Å². The van der Waals surface area contributed by atoms with Crippen molar-refractivity contribution in [1.29, 1.82) is 0 Å². The first-order chi connectivity index (χ1) is 15.9. The molecule has 0 fully saturated rings. The first kappa shape index (κ1) is 22.2. The molecule has 0 aromatic heterocycles. The number of non-ortho nitro benzene ring substituents is 1. The summed E-state index contributed by atoms with van der Waals surface area (Å²) in [5.74, 6) is 0.443. The number of carbonyl (C=O) groups excluding carboxylic acids is 1. The smallest absolute Gasteiger partial charge is 0.363 e. The lowest BCUT2D eigenvalue weighted by Gasteiger charge is -2.13. The number of esters is 1. The Kier molecular flexibility index (Phi) is 6.50. The average Bonchev–Trinajstić information content (AvgIpc) is 3.18. The first-order valence-electron chi connectivity index (χ1n) is 9.76. The number of hydrogen-bond acceptors (Lipinski definition) is 7. The van der Waals surface area contributed by atoms with E-state index in [0.717, 1.165) is 4.47 Å². The zero-order valence-electron chi connectivity index (χ0n) is 17.4. The number of nitro groups is 1. The Bertz CT molecular complexity index is 1280. The normalized spacial score (nSPS) is 14.1. The van der Waals surface area contributed by atoms with Crippen LogP contribution in [0.15, 0.2) is 81.9 Å². The lowest BCUT2D eigenvalue weighted by atomic mass is 10.1. The van der Waals surface area contributed by atoms with E-state index in [2.05, 4.69) is 20.9 Å². The average molecular weight is 509 g/mol. The number of hydrogen-bond donors (Lipinski definition) is 0. The van der Waals surface area contributed by atoms with Crippen molar-refractivity contribution in [2.75, 3.05) is 7.11 Å². The van der Waals surface area contributed by atoms with Crippen LogP contribution in [-0.4, -0.2) is 23.9 Å². The molecule has 0 radical (unpaired) electrons. The third-order valence-corrected chi connectivity index (χ3v) is 5.27. The van der Waals surface area contributed by atoms with Gasteiger partial charge in [-0.25, -0.2) is 9.79 Å². The number of carbonyl (C=O) groups is 1. The molecule has 0 atom stereocenters. The number of nitrogens with zero attached hydrogens (tertiary/aromatic N) is 2. The Morgan fingerprint density at radius 3 is 2.61 bits per heavy atom. The molecule has 0 bridgehead atoms. The van der Waals surface area contributed by atoms with Crippen LogP contribution < -0.4 is 9.47 Å². The second kappa shape index (κ2) is 9.66. The lowest BCUT2D eigenvalue weighted by molar-refractivity contribution is -0.384. The van der Waals surface area contributed by atoms with Crippen molar-refractivity contribution in [3.63, 3.8) is 0 Å². The summed E-state index contributed by atoms with van der Waals surface area (Å²) in [6.45, 7) is 0.0656. The van der Waals surface area contributed by atoms with E-state index < -0.39 is 10.9 Å². The van der Waals surface area contributed by atoms with E-state index in [9.17, 15) is 14.9 Å². The first-order valence-corrected chi connectivity index (χ1v) is 10.6. The highest BCUT2D eigenvalue weighted by atomic mass is 79.9. The standard InChI is InChI=1S/C24H17BrN2O6/c1-31-21-7-3-5-17(22(21)32-14-15-4-2-6-19(12-15)27(29)30)13-20-24(28)33-23(26-20)16-8-10-18(25)11-9-16/h2-13H,14H2,1H3/b20-13-. The van der Waals surface area contributed by atoms with Crippen molar-refractivity contribution in [1.82, 2.24) is 0 Å². The maximum absolute atomic E-state index is 12.4. The second-order valence-corrected chi connectivity index (χ2v) is 7.85. The van der Waals surface area contributed by atoms with Gasteiger partial charge in [0.15, 0.2) is 17.2 Å². The lowest BCUT2D eigenvalue weighted by Crippen LogP contribution is -2.05. The van der Waals surface area contributed by atoms with E-state index in [4.69, 9.17) is 14.2 Å². The predicted molar refractivity (Wildman–Crippen MR) is 125 cm³/mol. The highest BCUT2D eigenvalue weighted by molar-refractivity contribution is 9.10. The highest BCUT2D eigenvalue weighted by Crippen LogP contribution is 2.34. The number of cyclic esters (lactones) is 1. The summed E-state index contributed by atoms with van der Waals surface area (Å²) >= 11 is 3.37. The minimum atomic E-state index is -0.583. The fourth-order valence-electron chi connectivity index (χ4n) is 3.15. The minimum Gasteiger partial charge on any atom is -0.493 e. The van der Waals surface area contributed by atoms with Gasteiger partial charge in [-0.05, 0) is 42.0 Å². The van der Waals surface area contributed by atoms with Gasteiger partial charge in [-0.1, -0.05) is 40.2 Å². The van der Waals surface area contributed by atoms with Crippen LogP contribution in [0.25, 0.3) is 6.08 Å². The Hall–Kier alpha value is -3.98. The molecule has 0 saturated carbocycles. The van der Waals surface area contributed by atoms with Gasteiger partial charge >= 0.3 is 5.97 Å². The van der Waals surface area contributed by atoms with Gasteiger partial charge in [0.2, 0.25) is 5.90 Å². The van der Waals surface area contributed by atoms with Gasteiger partial charge in [0.25, 0.3) is 5.69 Å². The molecule has 1 aliphatic rings. The van der Waals surface area contributed by atoms with Crippen LogP contribution in [0.5, 0.6) is 11.5 Å². The summed E-state index contributed by atoms with van der Waals surface area (Å²) in [6, 6.07) is 18.6. The van der Waals surface area contributed by atoms with E-state index in [-0.39, 0.29) is 23.9 Å². The summed E-state index contributed by atoms with van der Waals surface area (Å²) in [4.78, 5) is 27.3. The van der Waals surface area contributed by atoms with Gasteiger partial charge in [0, 0.05) is 27.7 Å². The maximum Gasteiger partial charge on any atom is 0.363 e. The van der Waals surface area contributed by atoms with Crippen molar-refractivity contribution in [3.05, 3.63) is 104 Å². The van der Waals surface area contributed by atoms with E-state index >= 15 is 0 Å². The van der Waals surface area contributed by atoms with Gasteiger partial charge in [-0.3, -0.25) is 10.1 Å². The molecule has 0 N–H and O–H groups in total. The van der Waals surface area contributed by atoms with Crippen molar-refractivity contribution in [2.24, 2.45) is 4.99 Å². The van der Waals surface area contributed by atoms with E-state index in [0.29, 0.717) is 28.2 Å². The number of rotatable bonds is 7. The van der Waals surface area contributed by atoms with Crippen molar-refractivity contribution < 1.29 is 23.9 Å². The van der Waals surface area contributed by atoms with Crippen LogP contribution in [0.1, 0.15) is 16.7 Å². The van der Waals surface area contributed by atoms with E-state index in [1.807, 2.05) is 12.1 Å². The quantitative estimate of drug-likeness (QED) is 0.186. The van der Waals surface area contributed by atoms with Crippen LogP contribution in [0, 0.1) is 10.1 Å². The van der Waals surface area contributed by atoms with Crippen molar-refractivity contribution >= 4 is 39.6 Å². The number of halogens is 1. The molecular weight excluding hydrogens is 492 g/mol. The molecule has 0 aliphatic carbocycles. The van der Waals surface area contributed by atoms with Crippen LogP contribution in [0.4, 0.5) is 5.69 Å². The number of para-hydroxylation sites is 1. The van der Waals surface area contributed by atoms with Crippen molar-refractivity contribution in [2.45, 2.75) is 6.61 Å². The molecule has 166 valence electrons. The minimum absolute atomic E-state index is 0.0259. The summed E-state index contributed by atoms with van der Waals surface area (Å²) in [5.41, 5.74) is 1.92. The Labute approximate surface area is 197 Å². The molecule has 4 rings (SSSR count). The SMILES string of the molecule is COc1cccc(/C=C2\N=C(c3ccc(Br)cc3)OC2=O)c1OCc1cccc([N+](=O)[O-])c1. The molecule has 33 heavy (non-hydrogen) atoms. The largest absolute Gasteiger partial charge is 0.493 e. The zero-order valence-corrected chi connectivity index (χ0v) is 18.9. The van der Waals surface area contributed by atoms with Crippen LogP contribution in [0.3, 0.4) is 0 Å². The molecule has 9 heteroatoms. The summed E-state index contributed by atoms with van der Waals surface area (Å²) < 4.78 is 17.6. The van der Waals surface area contributed by atoms with Gasteiger partial charge in [0.05, 0.1) is 12.0 Å². The number of ether oxygens (including phenoxy) is 3. The molecule has 8 nitrogen and oxygen atoms in total. The fraction of sp³-hybridized carbons (Fsp3) is 0.0833. The Morgan fingerprint density at radius 1 is 1.12 bits per heavy atom.